The van der Waals surface area contributed by atoms with Crippen molar-refractivity contribution in [2.24, 2.45) is 5.84 Å². The van der Waals surface area contributed by atoms with Gasteiger partial charge < -0.3 is 15.5 Å². The molecule has 96 valence electrons. The number of nitrogen functional groups attached to an aromatic ring is 1. The molecule has 4 N–H and O–H groups in total. The van der Waals surface area contributed by atoms with E-state index in [9.17, 15) is 0 Å². The van der Waals surface area contributed by atoms with E-state index in [0.29, 0.717) is 23.4 Å². The van der Waals surface area contributed by atoms with E-state index in [1.165, 1.54) is 6.33 Å². The van der Waals surface area contributed by atoms with E-state index in [1.54, 1.807) is 7.11 Å². The second-order valence-corrected chi connectivity index (χ2v) is 4.56. The summed E-state index contributed by atoms with van der Waals surface area (Å²) in [7, 11) is 1.57. The van der Waals surface area contributed by atoms with Gasteiger partial charge in [0.15, 0.2) is 11.6 Å². The lowest BCUT2D eigenvalue weighted by Crippen LogP contribution is -2.19. The molecule has 0 fully saturated rings. The zero-order valence-electron chi connectivity index (χ0n) is 10.4. The van der Waals surface area contributed by atoms with Crippen LogP contribution in [0, 0.1) is 0 Å². The summed E-state index contributed by atoms with van der Waals surface area (Å²) in [5, 5.41) is 3.29. The van der Waals surface area contributed by atoms with Gasteiger partial charge in [0.1, 0.15) is 6.33 Å². The average Bonchev–Trinajstić information content (AvgIpc) is 2.35. The van der Waals surface area contributed by atoms with Crippen molar-refractivity contribution >= 4 is 23.4 Å². The van der Waals surface area contributed by atoms with Crippen LogP contribution in [0.1, 0.15) is 13.3 Å². The van der Waals surface area contributed by atoms with Crippen LogP contribution < -0.4 is 21.3 Å². The van der Waals surface area contributed by atoms with E-state index >= 15 is 0 Å². The smallest absolute Gasteiger partial charge is 0.205 e. The minimum absolute atomic E-state index is 0.317. The van der Waals surface area contributed by atoms with Gasteiger partial charge in [0.2, 0.25) is 5.75 Å². The Bertz CT molecular complexity index is 349. The fourth-order valence-corrected chi connectivity index (χ4v) is 1.96. The zero-order chi connectivity index (χ0) is 12.7. The lowest BCUT2D eigenvalue weighted by molar-refractivity contribution is 0.414. The summed E-state index contributed by atoms with van der Waals surface area (Å²) in [5.74, 6) is 8.12. The normalized spacial score (nSPS) is 12.0. The highest BCUT2D eigenvalue weighted by Crippen LogP contribution is 2.28. The number of nitrogens with two attached hydrogens (primary N) is 1. The lowest BCUT2D eigenvalue weighted by atomic mass is 10.2. The van der Waals surface area contributed by atoms with Gasteiger partial charge >= 0.3 is 0 Å². The number of rotatable bonds is 7. The number of nitrogens with zero attached hydrogens (tertiary/aromatic N) is 2. The Morgan fingerprint density at radius 2 is 2.18 bits per heavy atom. The summed E-state index contributed by atoms with van der Waals surface area (Å²) < 4.78 is 5.24. The van der Waals surface area contributed by atoms with E-state index < -0.39 is 0 Å². The summed E-state index contributed by atoms with van der Waals surface area (Å²) in [4.78, 5) is 8.14. The van der Waals surface area contributed by atoms with E-state index in [1.807, 2.05) is 11.8 Å². The van der Waals surface area contributed by atoms with Gasteiger partial charge in [-0.25, -0.2) is 15.8 Å². The largest absolute Gasteiger partial charge is 0.490 e. The fraction of sp³-hybridized carbons (Fsp3) is 0.600. The van der Waals surface area contributed by atoms with Gasteiger partial charge in [0.25, 0.3) is 0 Å². The summed E-state index contributed by atoms with van der Waals surface area (Å²) in [5.41, 5.74) is 2.48. The van der Waals surface area contributed by atoms with Gasteiger partial charge in [-0.1, -0.05) is 0 Å². The molecule has 1 atom stereocenters. The molecule has 1 aromatic rings. The monoisotopic (exact) mass is 257 g/mol. The van der Waals surface area contributed by atoms with E-state index in [4.69, 9.17) is 10.6 Å². The van der Waals surface area contributed by atoms with Crippen molar-refractivity contribution in [3.8, 4) is 5.75 Å². The molecule has 0 bridgehead atoms. The maximum Gasteiger partial charge on any atom is 0.205 e. The van der Waals surface area contributed by atoms with Crippen molar-refractivity contribution in [3.63, 3.8) is 0 Å². The van der Waals surface area contributed by atoms with Crippen LogP contribution in [0.3, 0.4) is 0 Å². The Morgan fingerprint density at radius 3 is 2.76 bits per heavy atom. The highest BCUT2D eigenvalue weighted by Gasteiger charge is 2.12. The first-order valence-electron chi connectivity index (χ1n) is 5.34. The third kappa shape index (κ3) is 3.94. The molecule has 0 saturated heterocycles. The molecule has 6 nitrogen and oxygen atoms in total. The molecule has 0 amide bonds. The third-order valence-electron chi connectivity index (χ3n) is 2.28. The summed E-state index contributed by atoms with van der Waals surface area (Å²) in [6, 6.07) is 0.317. The first-order valence-corrected chi connectivity index (χ1v) is 6.73. The van der Waals surface area contributed by atoms with Crippen LogP contribution in [0.4, 0.5) is 11.6 Å². The molecule has 0 aliphatic rings. The Hall–Kier alpha value is -1.21. The van der Waals surface area contributed by atoms with Crippen LogP contribution in [0.5, 0.6) is 5.75 Å². The molecule has 0 saturated carbocycles. The standard InChI is InChI=1S/C10H19N5OS/c1-7(4-5-17-3)14-9-8(16-2)10(15-11)13-6-12-9/h6-7H,4-5,11H2,1-3H3,(H2,12,13,14,15). The second kappa shape index (κ2) is 7.18. The Labute approximate surface area is 106 Å². The Kier molecular flexibility index (Phi) is 5.85. The molecule has 0 spiro atoms. The SMILES string of the molecule is COc1c(NN)ncnc1NC(C)CCSC. The molecule has 0 aliphatic carbocycles. The average molecular weight is 257 g/mol. The fourth-order valence-electron chi connectivity index (χ4n) is 1.37. The summed E-state index contributed by atoms with van der Waals surface area (Å²) in [6.45, 7) is 2.10. The van der Waals surface area contributed by atoms with Crippen molar-refractivity contribution in [3.05, 3.63) is 6.33 Å². The molecular formula is C10H19N5OS. The molecule has 17 heavy (non-hydrogen) atoms. The number of aromatic nitrogens is 2. The molecular weight excluding hydrogens is 238 g/mol. The number of hydrogen-bond donors (Lipinski definition) is 3. The van der Waals surface area contributed by atoms with Crippen molar-refractivity contribution in [1.82, 2.24) is 9.97 Å². The van der Waals surface area contributed by atoms with Gasteiger partial charge in [0, 0.05) is 6.04 Å². The number of hydrogen-bond acceptors (Lipinski definition) is 7. The topological polar surface area (TPSA) is 85.1 Å². The third-order valence-corrected chi connectivity index (χ3v) is 2.93. The minimum Gasteiger partial charge on any atom is -0.490 e. The highest BCUT2D eigenvalue weighted by atomic mass is 32.2. The number of nitrogens with one attached hydrogen (secondary N) is 2. The van der Waals surface area contributed by atoms with Crippen LogP contribution in [0.25, 0.3) is 0 Å². The van der Waals surface area contributed by atoms with Gasteiger partial charge in [-0.05, 0) is 25.4 Å². The number of anilines is 2. The zero-order valence-corrected chi connectivity index (χ0v) is 11.2. The highest BCUT2D eigenvalue weighted by molar-refractivity contribution is 7.98. The predicted molar refractivity (Wildman–Crippen MR) is 72.5 cm³/mol. The molecule has 1 heterocycles. The quantitative estimate of drug-likeness (QED) is 0.502. The molecule has 0 aliphatic heterocycles. The van der Waals surface area contributed by atoms with E-state index in [0.717, 1.165) is 12.2 Å². The number of ether oxygens (including phenoxy) is 1. The summed E-state index contributed by atoms with van der Waals surface area (Å²) in [6.07, 6.45) is 4.59. The summed E-state index contributed by atoms with van der Waals surface area (Å²) >= 11 is 1.82. The first-order chi connectivity index (χ1) is 8.22. The van der Waals surface area contributed by atoms with E-state index in [-0.39, 0.29) is 0 Å². The van der Waals surface area contributed by atoms with Gasteiger partial charge in [-0.2, -0.15) is 11.8 Å². The maximum atomic E-state index is 5.35. The van der Waals surface area contributed by atoms with Crippen molar-refractivity contribution in [2.75, 3.05) is 29.9 Å². The van der Waals surface area contributed by atoms with Crippen molar-refractivity contribution in [2.45, 2.75) is 19.4 Å². The number of thioether (sulfide) groups is 1. The van der Waals surface area contributed by atoms with Gasteiger partial charge in [0.05, 0.1) is 7.11 Å². The van der Waals surface area contributed by atoms with Gasteiger partial charge in [-0.15, -0.1) is 0 Å². The minimum atomic E-state index is 0.317. The Balaban J connectivity index is 2.75. The van der Waals surface area contributed by atoms with Crippen molar-refractivity contribution < 1.29 is 4.74 Å². The van der Waals surface area contributed by atoms with Crippen LogP contribution >= 0.6 is 11.8 Å². The molecule has 0 radical (unpaired) electrons. The van der Waals surface area contributed by atoms with Crippen LogP contribution in [0.15, 0.2) is 6.33 Å². The van der Waals surface area contributed by atoms with Crippen molar-refractivity contribution in [1.29, 1.82) is 0 Å². The molecule has 1 unspecified atom stereocenters. The number of hydrazine groups is 1. The lowest BCUT2D eigenvalue weighted by Gasteiger charge is -2.17. The predicted octanol–water partition coefficient (Wildman–Crippen LogP) is 1.32. The van der Waals surface area contributed by atoms with E-state index in [2.05, 4.69) is 33.9 Å². The van der Waals surface area contributed by atoms with Crippen LogP contribution in [0.2, 0.25) is 0 Å². The van der Waals surface area contributed by atoms with Gasteiger partial charge in [-0.3, -0.25) is 0 Å². The molecule has 1 rings (SSSR count). The Morgan fingerprint density at radius 1 is 1.47 bits per heavy atom. The number of methoxy groups -OCH3 is 1. The van der Waals surface area contributed by atoms with Crippen LogP contribution in [-0.2, 0) is 0 Å². The first kappa shape index (κ1) is 13.9. The second-order valence-electron chi connectivity index (χ2n) is 3.58. The maximum absolute atomic E-state index is 5.35. The molecule has 1 aromatic heterocycles. The van der Waals surface area contributed by atoms with Crippen LogP contribution in [-0.4, -0.2) is 35.1 Å². The molecule has 0 aromatic carbocycles. The molecule has 7 heteroatoms.